The maximum Gasteiger partial charge on any atom is 0.251 e. The van der Waals surface area contributed by atoms with Crippen LogP contribution in [-0.2, 0) is 6.54 Å². The summed E-state index contributed by atoms with van der Waals surface area (Å²) in [6, 6.07) is 22.5. The smallest absolute Gasteiger partial charge is 0.251 e. The van der Waals surface area contributed by atoms with Crippen LogP contribution in [-0.4, -0.2) is 21.1 Å². The summed E-state index contributed by atoms with van der Waals surface area (Å²) in [5.41, 5.74) is 5.06. The van der Waals surface area contributed by atoms with Crippen LogP contribution in [0.3, 0.4) is 0 Å². The second-order valence-electron chi connectivity index (χ2n) is 6.25. The molecule has 0 aliphatic rings. The van der Waals surface area contributed by atoms with Crippen molar-refractivity contribution in [1.29, 1.82) is 0 Å². The molecule has 0 saturated carbocycles. The zero-order valence-corrected chi connectivity index (χ0v) is 15.6. The normalized spacial score (nSPS) is 10.6. The summed E-state index contributed by atoms with van der Waals surface area (Å²) in [5, 5.41) is 11.0. The van der Waals surface area contributed by atoms with E-state index in [2.05, 4.69) is 20.5 Å². The Balaban J connectivity index is 1.44. The molecule has 0 spiro atoms. The van der Waals surface area contributed by atoms with Crippen LogP contribution in [0.2, 0.25) is 5.02 Å². The summed E-state index contributed by atoms with van der Waals surface area (Å²) in [4.78, 5) is 16.5. The molecule has 138 valence electrons. The predicted molar refractivity (Wildman–Crippen MR) is 110 cm³/mol. The molecular formula is C22H17ClN4O. The van der Waals surface area contributed by atoms with Gasteiger partial charge in [-0.3, -0.25) is 14.9 Å². The Bertz CT molecular complexity index is 1070. The van der Waals surface area contributed by atoms with Crippen molar-refractivity contribution >= 4 is 17.5 Å². The van der Waals surface area contributed by atoms with E-state index in [1.807, 2.05) is 60.7 Å². The molecule has 2 heterocycles. The average Bonchev–Trinajstić information content (AvgIpc) is 3.24. The number of amides is 1. The van der Waals surface area contributed by atoms with E-state index in [-0.39, 0.29) is 5.91 Å². The number of hydrogen-bond donors (Lipinski definition) is 2. The number of carbonyl (C=O) groups excluding carboxylic acids is 1. The summed E-state index contributed by atoms with van der Waals surface area (Å²) in [5.74, 6) is -0.138. The molecule has 2 aromatic carbocycles. The number of halogens is 1. The summed E-state index contributed by atoms with van der Waals surface area (Å²) < 4.78 is 0. The van der Waals surface area contributed by atoms with E-state index in [0.717, 1.165) is 28.2 Å². The van der Waals surface area contributed by atoms with Gasteiger partial charge in [0.2, 0.25) is 0 Å². The number of rotatable bonds is 5. The van der Waals surface area contributed by atoms with Gasteiger partial charge in [0.25, 0.3) is 5.91 Å². The highest BCUT2D eigenvalue weighted by atomic mass is 35.5. The van der Waals surface area contributed by atoms with Crippen LogP contribution in [0.25, 0.3) is 22.5 Å². The van der Waals surface area contributed by atoms with Gasteiger partial charge in [0, 0.05) is 22.3 Å². The van der Waals surface area contributed by atoms with Gasteiger partial charge in [-0.15, -0.1) is 0 Å². The second-order valence-corrected chi connectivity index (χ2v) is 6.69. The Hall–Kier alpha value is -3.44. The minimum atomic E-state index is -0.138. The van der Waals surface area contributed by atoms with Gasteiger partial charge in [0.15, 0.2) is 0 Å². The van der Waals surface area contributed by atoms with Crippen LogP contribution in [0.15, 0.2) is 79.0 Å². The van der Waals surface area contributed by atoms with Crippen molar-refractivity contribution in [3.05, 3.63) is 95.3 Å². The lowest BCUT2D eigenvalue weighted by atomic mass is 10.1. The van der Waals surface area contributed by atoms with E-state index in [0.29, 0.717) is 17.1 Å². The fourth-order valence-corrected chi connectivity index (χ4v) is 2.94. The number of nitrogens with zero attached hydrogens (tertiary/aromatic N) is 2. The zero-order chi connectivity index (χ0) is 19.3. The third-order valence-electron chi connectivity index (χ3n) is 4.33. The van der Waals surface area contributed by atoms with Gasteiger partial charge in [0.1, 0.15) is 0 Å². The number of nitrogens with one attached hydrogen (secondary N) is 2. The maximum atomic E-state index is 12.3. The van der Waals surface area contributed by atoms with E-state index in [4.69, 9.17) is 11.6 Å². The molecule has 0 saturated heterocycles. The quantitative estimate of drug-likeness (QED) is 0.519. The molecule has 0 bridgehead atoms. The SMILES string of the molecule is O=C(NCc1ccccn1)c1ccc(-c2cc(-c3ccc(Cl)cc3)[nH]n2)cc1. The number of pyridine rings is 1. The van der Waals surface area contributed by atoms with Gasteiger partial charge < -0.3 is 5.32 Å². The number of hydrogen-bond acceptors (Lipinski definition) is 3. The van der Waals surface area contributed by atoms with Gasteiger partial charge in [-0.05, 0) is 48.0 Å². The van der Waals surface area contributed by atoms with Gasteiger partial charge >= 0.3 is 0 Å². The first-order valence-electron chi connectivity index (χ1n) is 8.79. The third kappa shape index (κ3) is 4.10. The number of aromatic nitrogens is 3. The van der Waals surface area contributed by atoms with Gasteiger partial charge in [-0.2, -0.15) is 5.10 Å². The van der Waals surface area contributed by atoms with Crippen molar-refractivity contribution in [2.75, 3.05) is 0 Å². The van der Waals surface area contributed by atoms with Crippen LogP contribution in [0.1, 0.15) is 16.1 Å². The van der Waals surface area contributed by atoms with E-state index in [1.165, 1.54) is 0 Å². The summed E-state index contributed by atoms with van der Waals surface area (Å²) in [7, 11) is 0. The zero-order valence-electron chi connectivity index (χ0n) is 14.9. The first-order valence-corrected chi connectivity index (χ1v) is 9.17. The fraction of sp³-hybridized carbons (Fsp3) is 0.0455. The molecule has 4 aromatic rings. The topological polar surface area (TPSA) is 70.7 Å². The molecule has 4 rings (SSSR count). The first kappa shape index (κ1) is 17.9. The van der Waals surface area contributed by atoms with Crippen LogP contribution < -0.4 is 5.32 Å². The summed E-state index contributed by atoms with van der Waals surface area (Å²) in [6.07, 6.45) is 1.71. The number of benzene rings is 2. The number of carbonyl (C=O) groups is 1. The lowest BCUT2D eigenvalue weighted by molar-refractivity contribution is 0.0950. The summed E-state index contributed by atoms with van der Waals surface area (Å²) >= 11 is 5.94. The molecule has 0 fully saturated rings. The van der Waals surface area contributed by atoms with Crippen LogP contribution in [0.4, 0.5) is 0 Å². The molecule has 2 N–H and O–H groups in total. The van der Waals surface area contributed by atoms with Crippen molar-refractivity contribution in [1.82, 2.24) is 20.5 Å². The molecule has 1 amide bonds. The Morgan fingerprint density at radius 1 is 0.964 bits per heavy atom. The lowest BCUT2D eigenvalue weighted by Crippen LogP contribution is -2.23. The molecule has 0 atom stereocenters. The van der Waals surface area contributed by atoms with Gasteiger partial charge in [0.05, 0.1) is 23.6 Å². The first-order chi connectivity index (χ1) is 13.7. The van der Waals surface area contributed by atoms with Crippen molar-refractivity contribution in [2.45, 2.75) is 6.54 Å². The summed E-state index contributed by atoms with van der Waals surface area (Å²) in [6.45, 7) is 0.394. The molecule has 0 aliphatic heterocycles. The Morgan fingerprint density at radius 2 is 1.71 bits per heavy atom. The maximum absolute atomic E-state index is 12.3. The lowest BCUT2D eigenvalue weighted by Gasteiger charge is -2.05. The average molecular weight is 389 g/mol. The highest BCUT2D eigenvalue weighted by Crippen LogP contribution is 2.25. The van der Waals surface area contributed by atoms with Gasteiger partial charge in [-0.1, -0.05) is 41.9 Å². The van der Waals surface area contributed by atoms with Crippen molar-refractivity contribution < 1.29 is 4.79 Å². The Labute approximate surface area is 167 Å². The van der Waals surface area contributed by atoms with Crippen molar-refractivity contribution in [2.24, 2.45) is 0 Å². The van der Waals surface area contributed by atoms with E-state index >= 15 is 0 Å². The minimum Gasteiger partial charge on any atom is -0.346 e. The molecule has 0 aliphatic carbocycles. The molecule has 6 heteroatoms. The third-order valence-corrected chi connectivity index (χ3v) is 4.58. The van der Waals surface area contributed by atoms with Crippen molar-refractivity contribution in [3.8, 4) is 22.5 Å². The molecule has 2 aromatic heterocycles. The fourth-order valence-electron chi connectivity index (χ4n) is 2.81. The highest BCUT2D eigenvalue weighted by Gasteiger charge is 2.09. The molecule has 0 radical (unpaired) electrons. The monoisotopic (exact) mass is 388 g/mol. The van der Waals surface area contributed by atoms with Crippen LogP contribution >= 0.6 is 11.6 Å². The highest BCUT2D eigenvalue weighted by molar-refractivity contribution is 6.30. The number of H-pyrrole nitrogens is 1. The molecule has 28 heavy (non-hydrogen) atoms. The Morgan fingerprint density at radius 3 is 2.43 bits per heavy atom. The van der Waals surface area contributed by atoms with Gasteiger partial charge in [-0.25, -0.2) is 0 Å². The number of aromatic amines is 1. The van der Waals surface area contributed by atoms with E-state index in [9.17, 15) is 4.79 Å². The molecule has 5 nitrogen and oxygen atoms in total. The molecular weight excluding hydrogens is 372 g/mol. The standard InChI is InChI=1S/C22H17ClN4O/c23-18-10-8-16(9-11-18)21-13-20(26-27-21)15-4-6-17(7-5-15)22(28)25-14-19-3-1-2-12-24-19/h1-13H,14H2,(H,25,28)(H,26,27). The van der Waals surface area contributed by atoms with E-state index < -0.39 is 0 Å². The predicted octanol–water partition coefficient (Wildman–Crippen LogP) is 4.72. The molecule has 0 unspecified atom stereocenters. The minimum absolute atomic E-state index is 0.138. The van der Waals surface area contributed by atoms with Crippen LogP contribution in [0, 0.1) is 0 Å². The van der Waals surface area contributed by atoms with E-state index in [1.54, 1.807) is 18.3 Å². The second kappa shape index (κ2) is 8.06. The largest absolute Gasteiger partial charge is 0.346 e. The Kier molecular flexibility index (Phi) is 5.17. The van der Waals surface area contributed by atoms with Crippen molar-refractivity contribution in [3.63, 3.8) is 0 Å². The van der Waals surface area contributed by atoms with Crippen LogP contribution in [0.5, 0.6) is 0 Å².